The van der Waals surface area contributed by atoms with Gasteiger partial charge in [0.1, 0.15) is 11.5 Å². The van der Waals surface area contributed by atoms with Crippen LogP contribution in [0.4, 0.5) is 0 Å². The summed E-state index contributed by atoms with van der Waals surface area (Å²) in [5.41, 5.74) is 1.12. The van der Waals surface area contributed by atoms with Crippen LogP contribution >= 0.6 is 12.4 Å². The molecule has 1 aliphatic rings. The van der Waals surface area contributed by atoms with Gasteiger partial charge in [0.25, 0.3) is 0 Å². The van der Waals surface area contributed by atoms with Crippen molar-refractivity contribution in [2.45, 2.75) is 12.5 Å². The second-order valence-corrected chi connectivity index (χ2v) is 4.92. The molecule has 6 heteroatoms. The fourth-order valence-electron chi connectivity index (χ4n) is 2.74. The van der Waals surface area contributed by atoms with Gasteiger partial charge < -0.3 is 19.9 Å². The number of benzene rings is 1. The zero-order valence-corrected chi connectivity index (χ0v) is 13.5. The van der Waals surface area contributed by atoms with Crippen LogP contribution in [0.2, 0.25) is 0 Å². The van der Waals surface area contributed by atoms with Crippen LogP contribution in [-0.2, 0) is 0 Å². The predicted molar refractivity (Wildman–Crippen MR) is 85.7 cm³/mol. The number of hydrogen-bond donors (Lipinski definition) is 2. The number of nitrogens with one attached hydrogen (secondary N) is 1. The van der Waals surface area contributed by atoms with E-state index in [0.29, 0.717) is 6.42 Å². The molecule has 0 saturated carbocycles. The van der Waals surface area contributed by atoms with Crippen LogP contribution in [-0.4, -0.2) is 57.0 Å². The molecule has 0 spiro atoms. The van der Waals surface area contributed by atoms with E-state index in [1.807, 2.05) is 18.2 Å². The largest absolute Gasteiger partial charge is 0.497 e. The SMILES string of the molecule is COc1ccc([C@H](CCO)N2CCNCC2)c(OC)c1.Cl. The summed E-state index contributed by atoms with van der Waals surface area (Å²) in [5.74, 6) is 1.61. The van der Waals surface area contributed by atoms with Gasteiger partial charge in [-0.1, -0.05) is 6.07 Å². The first-order valence-corrected chi connectivity index (χ1v) is 7.07. The molecule has 1 saturated heterocycles. The van der Waals surface area contributed by atoms with Crippen LogP contribution in [0.3, 0.4) is 0 Å². The van der Waals surface area contributed by atoms with Gasteiger partial charge in [-0.05, 0) is 12.5 Å². The van der Waals surface area contributed by atoms with E-state index < -0.39 is 0 Å². The summed E-state index contributed by atoms with van der Waals surface area (Å²) >= 11 is 0. The summed E-state index contributed by atoms with van der Waals surface area (Å²) in [4.78, 5) is 2.40. The van der Waals surface area contributed by atoms with Gasteiger partial charge in [-0.25, -0.2) is 0 Å². The van der Waals surface area contributed by atoms with Crippen molar-refractivity contribution in [3.63, 3.8) is 0 Å². The maximum atomic E-state index is 9.39. The van der Waals surface area contributed by atoms with Crippen molar-refractivity contribution in [3.05, 3.63) is 23.8 Å². The minimum atomic E-state index is 0. The fourth-order valence-corrected chi connectivity index (χ4v) is 2.74. The number of piperazine rings is 1. The lowest BCUT2D eigenvalue weighted by Gasteiger charge is -2.35. The van der Waals surface area contributed by atoms with Crippen LogP contribution in [0.1, 0.15) is 18.0 Å². The minimum absolute atomic E-state index is 0. The Morgan fingerprint density at radius 3 is 2.52 bits per heavy atom. The normalized spacial score (nSPS) is 16.9. The summed E-state index contributed by atoms with van der Waals surface area (Å²) in [6.45, 7) is 4.12. The van der Waals surface area contributed by atoms with E-state index >= 15 is 0 Å². The lowest BCUT2D eigenvalue weighted by Crippen LogP contribution is -2.45. The van der Waals surface area contributed by atoms with Crippen molar-refractivity contribution >= 4 is 12.4 Å². The number of rotatable bonds is 6. The summed E-state index contributed by atoms with van der Waals surface area (Å²) < 4.78 is 10.7. The molecule has 2 rings (SSSR count). The number of aliphatic hydroxyl groups excluding tert-OH is 1. The third-order valence-corrected chi connectivity index (χ3v) is 3.79. The summed E-state index contributed by atoms with van der Waals surface area (Å²) in [7, 11) is 3.32. The number of halogens is 1. The minimum Gasteiger partial charge on any atom is -0.497 e. The lowest BCUT2D eigenvalue weighted by molar-refractivity contribution is 0.139. The van der Waals surface area contributed by atoms with Crippen molar-refractivity contribution in [1.29, 1.82) is 0 Å². The van der Waals surface area contributed by atoms with E-state index in [1.165, 1.54) is 0 Å². The van der Waals surface area contributed by atoms with Crippen molar-refractivity contribution in [1.82, 2.24) is 10.2 Å². The number of ether oxygens (including phenoxy) is 2. The molecule has 1 atom stereocenters. The highest BCUT2D eigenvalue weighted by molar-refractivity contribution is 5.85. The molecule has 21 heavy (non-hydrogen) atoms. The van der Waals surface area contributed by atoms with E-state index in [9.17, 15) is 5.11 Å². The standard InChI is InChI=1S/C15H24N2O3.ClH/c1-19-12-3-4-13(15(11-12)20-2)14(5-10-18)17-8-6-16-7-9-17;/h3-4,11,14,16,18H,5-10H2,1-2H3;1H/t14-;/m0./s1. The highest BCUT2D eigenvalue weighted by Gasteiger charge is 2.24. The molecule has 0 aromatic heterocycles. The van der Waals surface area contributed by atoms with Crippen LogP contribution in [0.25, 0.3) is 0 Å². The number of methoxy groups -OCH3 is 2. The van der Waals surface area contributed by atoms with E-state index in [0.717, 1.165) is 43.2 Å². The van der Waals surface area contributed by atoms with E-state index in [2.05, 4.69) is 10.2 Å². The Hall–Kier alpha value is -1.01. The Morgan fingerprint density at radius 2 is 1.95 bits per heavy atom. The highest BCUT2D eigenvalue weighted by Crippen LogP contribution is 2.34. The molecule has 2 N–H and O–H groups in total. The molecule has 120 valence electrons. The topological polar surface area (TPSA) is 54.0 Å². The van der Waals surface area contributed by atoms with Crippen molar-refractivity contribution < 1.29 is 14.6 Å². The molecule has 5 nitrogen and oxygen atoms in total. The Kier molecular flexibility index (Phi) is 7.82. The molecule has 1 aromatic rings. The Balaban J connectivity index is 0.00000220. The zero-order valence-electron chi connectivity index (χ0n) is 12.7. The summed E-state index contributed by atoms with van der Waals surface area (Å²) in [6.07, 6.45) is 0.711. The molecule has 1 aliphatic heterocycles. The molecule has 1 aromatic carbocycles. The monoisotopic (exact) mass is 316 g/mol. The molecule has 1 fully saturated rings. The first-order valence-electron chi connectivity index (χ1n) is 7.07. The molecular weight excluding hydrogens is 292 g/mol. The third kappa shape index (κ3) is 4.48. The van der Waals surface area contributed by atoms with Gasteiger partial charge >= 0.3 is 0 Å². The van der Waals surface area contributed by atoms with Gasteiger partial charge in [-0.15, -0.1) is 12.4 Å². The molecule has 0 aliphatic carbocycles. The second-order valence-electron chi connectivity index (χ2n) is 4.92. The van der Waals surface area contributed by atoms with Crippen molar-refractivity contribution in [2.24, 2.45) is 0 Å². The van der Waals surface area contributed by atoms with Gasteiger partial charge in [0.2, 0.25) is 0 Å². The average molecular weight is 317 g/mol. The quantitative estimate of drug-likeness (QED) is 0.832. The number of aliphatic hydroxyl groups is 1. The maximum absolute atomic E-state index is 9.39. The fraction of sp³-hybridized carbons (Fsp3) is 0.600. The highest BCUT2D eigenvalue weighted by atomic mass is 35.5. The van der Waals surface area contributed by atoms with E-state index in [4.69, 9.17) is 9.47 Å². The first-order chi connectivity index (χ1) is 9.80. The maximum Gasteiger partial charge on any atom is 0.127 e. The first kappa shape index (κ1) is 18.0. The van der Waals surface area contributed by atoms with Gasteiger partial charge in [0.05, 0.1) is 14.2 Å². The molecular formula is C15H25ClN2O3. The third-order valence-electron chi connectivity index (χ3n) is 3.79. The molecule has 0 amide bonds. The van der Waals surface area contributed by atoms with Gasteiger partial charge in [0, 0.05) is 50.5 Å². The predicted octanol–water partition coefficient (Wildman–Crippen LogP) is 1.45. The smallest absolute Gasteiger partial charge is 0.127 e. The lowest BCUT2D eigenvalue weighted by atomic mass is 10.00. The second kappa shape index (κ2) is 9.10. The van der Waals surface area contributed by atoms with E-state index in [-0.39, 0.29) is 25.1 Å². The van der Waals surface area contributed by atoms with Gasteiger partial charge in [0.15, 0.2) is 0 Å². The Bertz CT molecular complexity index is 425. The molecule has 1 heterocycles. The Morgan fingerprint density at radius 1 is 1.24 bits per heavy atom. The molecule has 0 unspecified atom stereocenters. The zero-order chi connectivity index (χ0) is 14.4. The summed E-state index contributed by atoms with van der Waals surface area (Å²) in [6, 6.07) is 6.08. The van der Waals surface area contributed by atoms with Gasteiger partial charge in [-0.3, -0.25) is 4.90 Å². The molecule has 0 bridgehead atoms. The van der Waals surface area contributed by atoms with Gasteiger partial charge in [-0.2, -0.15) is 0 Å². The number of nitrogens with zero attached hydrogens (tertiary/aromatic N) is 1. The van der Waals surface area contributed by atoms with Crippen molar-refractivity contribution in [3.8, 4) is 11.5 Å². The van der Waals surface area contributed by atoms with Crippen LogP contribution in [0, 0.1) is 0 Å². The molecule has 0 radical (unpaired) electrons. The number of hydrogen-bond acceptors (Lipinski definition) is 5. The van der Waals surface area contributed by atoms with Crippen molar-refractivity contribution in [2.75, 3.05) is 47.0 Å². The average Bonchev–Trinajstić information content (AvgIpc) is 2.53. The van der Waals surface area contributed by atoms with Crippen LogP contribution < -0.4 is 14.8 Å². The Labute approximate surface area is 132 Å². The van der Waals surface area contributed by atoms with E-state index in [1.54, 1.807) is 14.2 Å². The van der Waals surface area contributed by atoms with Crippen LogP contribution in [0.5, 0.6) is 11.5 Å². The summed E-state index contributed by atoms with van der Waals surface area (Å²) in [5, 5.41) is 12.7. The van der Waals surface area contributed by atoms with Crippen LogP contribution in [0.15, 0.2) is 18.2 Å².